The number of carbonyl (C=O) groups is 1. The van der Waals surface area contributed by atoms with Crippen LogP contribution in [0.25, 0.3) is 0 Å². The Hall–Kier alpha value is -1.64. The first-order chi connectivity index (χ1) is 10.2. The van der Waals surface area contributed by atoms with E-state index in [-0.39, 0.29) is 11.2 Å². The van der Waals surface area contributed by atoms with Crippen molar-refractivity contribution < 1.29 is 4.79 Å². The number of benzene rings is 2. The Morgan fingerprint density at radius 3 is 1.67 bits per heavy atom. The van der Waals surface area contributed by atoms with Crippen molar-refractivity contribution in [3.05, 3.63) is 71.8 Å². The molecule has 0 saturated heterocycles. The molecule has 112 valence electrons. The van der Waals surface area contributed by atoms with Gasteiger partial charge in [-0.05, 0) is 35.7 Å². The Morgan fingerprint density at radius 1 is 1.00 bits per heavy atom. The van der Waals surface area contributed by atoms with Crippen LogP contribution in [0.3, 0.4) is 0 Å². The summed E-state index contributed by atoms with van der Waals surface area (Å²) >= 11 is 5.67. The Morgan fingerprint density at radius 2 is 1.43 bits per heavy atom. The van der Waals surface area contributed by atoms with E-state index in [2.05, 4.69) is 6.92 Å². The number of nitrogens with two attached hydrogens (primary N) is 1. The second-order valence-corrected chi connectivity index (χ2v) is 5.07. The molecular formula is C18H22ClNO. The highest BCUT2D eigenvalue weighted by Gasteiger charge is 2.19. The minimum absolute atomic E-state index is 0.350. The third-order valence-electron chi connectivity index (χ3n) is 3.05. The number of carbonyl (C=O) groups excluding carboxylic acids is 1. The minimum Gasteiger partial charge on any atom is -0.330 e. The molecule has 0 unspecified atom stereocenters. The first kappa shape index (κ1) is 17.4. The van der Waals surface area contributed by atoms with E-state index in [1.807, 2.05) is 60.7 Å². The van der Waals surface area contributed by atoms with Gasteiger partial charge in [0.1, 0.15) is 0 Å². The SMILES string of the molecule is CCCCN.O=C(Cl)C(c1ccccc1)c1ccccc1. The second kappa shape index (κ2) is 10.1. The molecule has 0 aliphatic heterocycles. The quantitative estimate of drug-likeness (QED) is 0.835. The molecule has 2 aromatic rings. The number of hydrogen-bond donors (Lipinski definition) is 1. The summed E-state index contributed by atoms with van der Waals surface area (Å²) in [6, 6.07) is 19.1. The lowest BCUT2D eigenvalue weighted by molar-refractivity contribution is -0.112. The summed E-state index contributed by atoms with van der Waals surface area (Å²) in [6.45, 7) is 2.98. The lowest BCUT2D eigenvalue weighted by Gasteiger charge is -2.12. The minimum atomic E-state index is -0.371. The third-order valence-corrected chi connectivity index (χ3v) is 3.27. The van der Waals surface area contributed by atoms with Crippen LogP contribution in [0.15, 0.2) is 60.7 Å². The van der Waals surface area contributed by atoms with Crippen LogP contribution in [0.2, 0.25) is 0 Å². The van der Waals surface area contributed by atoms with Crippen molar-refractivity contribution in [2.45, 2.75) is 25.7 Å². The fourth-order valence-corrected chi connectivity index (χ4v) is 2.20. The van der Waals surface area contributed by atoms with E-state index in [4.69, 9.17) is 17.3 Å². The van der Waals surface area contributed by atoms with Gasteiger partial charge in [0.25, 0.3) is 0 Å². The largest absolute Gasteiger partial charge is 0.330 e. The van der Waals surface area contributed by atoms with Crippen molar-refractivity contribution >= 4 is 16.8 Å². The third kappa shape index (κ3) is 6.11. The molecule has 0 fully saturated rings. The van der Waals surface area contributed by atoms with Crippen molar-refractivity contribution in [1.29, 1.82) is 0 Å². The average Bonchev–Trinajstić information content (AvgIpc) is 2.51. The first-order valence-electron chi connectivity index (χ1n) is 7.20. The second-order valence-electron chi connectivity index (χ2n) is 4.70. The average molecular weight is 304 g/mol. The van der Waals surface area contributed by atoms with Gasteiger partial charge in [-0.1, -0.05) is 74.0 Å². The molecule has 2 rings (SSSR count). The van der Waals surface area contributed by atoms with E-state index in [1.54, 1.807) is 0 Å². The number of rotatable bonds is 5. The molecule has 0 aliphatic carbocycles. The monoisotopic (exact) mass is 303 g/mol. The lowest BCUT2D eigenvalue weighted by atomic mass is 9.93. The summed E-state index contributed by atoms with van der Waals surface area (Å²) < 4.78 is 0. The lowest BCUT2D eigenvalue weighted by Crippen LogP contribution is -2.08. The highest BCUT2D eigenvalue weighted by atomic mass is 35.5. The van der Waals surface area contributed by atoms with E-state index in [0.29, 0.717) is 0 Å². The van der Waals surface area contributed by atoms with Gasteiger partial charge in [0, 0.05) is 0 Å². The molecule has 21 heavy (non-hydrogen) atoms. The highest BCUT2D eigenvalue weighted by molar-refractivity contribution is 6.65. The van der Waals surface area contributed by atoms with E-state index in [9.17, 15) is 4.79 Å². The molecule has 2 aromatic carbocycles. The predicted molar refractivity (Wildman–Crippen MR) is 89.5 cm³/mol. The van der Waals surface area contributed by atoms with Crippen molar-refractivity contribution in [2.24, 2.45) is 5.73 Å². The number of hydrogen-bond acceptors (Lipinski definition) is 2. The normalized spacial score (nSPS) is 9.90. The van der Waals surface area contributed by atoms with Gasteiger partial charge in [-0.2, -0.15) is 0 Å². The molecule has 0 saturated carbocycles. The summed E-state index contributed by atoms with van der Waals surface area (Å²) in [7, 11) is 0. The van der Waals surface area contributed by atoms with Gasteiger partial charge < -0.3 is 5.73 Å². The van der Waals surface area contributed by atoms with Gasteiger partial charge in [0.15, 0.2) is 0 Å². The molecule has 0 aromatic heterocycles. The molecule has 0 heterocycles. The summed E-state index contributed by atoms with van der Waals surface area (Å²) in [5.41, 5.74) is 6.99. The standard InChI is InChI=1S/C14H11ClO.C4H11N/c15-14(16)13(11-7-3-1-4-8-11)12-9-5-2-6-10-12;1-2-3-4-5/h1-10,13H;2-5H2,1H3. The van der Waals surface area contributed by atoms with Gasteiger partial charge >= 0.3 is 0 Å². The van der Waals surface area contributed by atoms with Gasteiger partial charge in [0.2, 0.25) is 5.24 Å². The topological polar surface area (TPSA) is 43.1 Å². The molecule has 0 atom stereocenters. The fourth-order valence-electron chi connectivity index (χ4n) is 1.95. The van der Waals surface area contributed by atoms with Crippen molar-refractivity contribution in [2.75, 3.05) is 6.54 Å². The summed E-state index contributed by atoms with van der Waals surface area (Å²) in [5.74, 6) is -0.371. The summed E-state index contributed by atoms with van der Waals surface area (Å²) in [5, 5.41) is -0.350. The van der Waals surface area contributed by atoms with Crippen LogP contribution in [0, 0.1) is 0 Å². The molecule has 0 bridgehead atoms. The van der Waals surface area contributed by atoms with E-state index < -0.39 is 0 Å². The Labute approximate surface area is 131 Å². The van der Waals surface area contributed by atoms with Crippen LogP contribution < -0.4 is 5.73 Å². The number of halogens is 1. The van der Waals surface area contributed by atoms with Crippen molar-refractivity contribution in [3.8, 4) is 0 Å². The van der Waals surface area contributed by atoms with Crippen LogP contribution in [-0.4, -0.2) is 11.8 Å². The molecule has 2 nitrogen and oxygen atoms in total. The van der Waals surface area contributed by atoms with Gasteiger partial charge in [-0.25, -0.2) is 0 Å². The molecule has 2 N–H and O–H groups in total. The van der Waals surface area contributed by atoms with E-state index in [1.165, 1.54) is 12.8 Å². The Bertz CT molecular complexity index is 472. The highest BCUT2D eigenvalue weighted by Crippen LogP contribution is 2.26. The zero-order chi connectivity index (χ0) is 15.5. The van der Waals surface area contributed by atoms with Crippen molar-refractivity contribution in [1.82, 2.24) is 0 Å². The molecule has 0 aliphatic rings. The van der Waals surface area contributed by atoms with Crippen LogP contribution in [0.1, 0.15) is 36.8 Å². The summed E-state index contributed by atoms with van der Waals surface area (Å²) in [4.78, 5) is 11.5. The fraction of sp³-hybridized carbons (Fsp3) is 0.278. The maximum absolute atomic E-state index is 11.5. The Balaban J connectivity index is 0.000000383. The molecule has 0 spiro atoms. The molecule has 3 heteroatoms. The smallest absolute Gasteiger partial charge is 0.233 e. The summed E-state index contributed by atoms with van der Waals surface area (Å²) in [6.07, 6.45) is 2.39. The van der Waals surface area contributed by atoms with E-state index >= 15 is 0 Å². The van der Waals surface area contributed by atoms with E-state index in [0.717, 1.165) is 17.7 Å². The van der Waals surface area contributed by atoms with Crippen molar-refractivity contribution in [3.63, 3.8) is 0 Å². The van der Waals surface area contributed by atoms with Crippen LogP contribution in [0.4, 0.5) is 0 Å². The Kier molecular flexibility index (Phi) is 8.41. The predicted octanol–water partition coefficient (Wildman–Crippen LogP) is 4.33. The molecule has 0 amide bonds. The molecular weight excluding hydrogens is 282 g/mol. The van der Waals surface area contributed by atoms with Gasteiger partial charge in [-0.15, -0.1) is 0 Å². The van der Waals surface area contributed by atoms with Crippen LogP contribution >= 0.6 is 11.6 Å². The maximum Gasteiger partial charge on any atom is 0.233 e. The first-order valence-corrected chi connectivity index (χ1v) is 7.57. The van der Waals surface area contributed by atoms with Gasteiger partial charge in [-0.3, -0.25) is 4.79 Å². The maximum atomic E-state index is 11.5. The zero-order valence-electron chi connectivity index (χ0n) is 12.3. The molecule has 0 radical (unpaired) electrons. The number of unbranched alkanes of at least 4 members (excludes halogenated alkanes) is 1. The van der Waals surface area contributed by atoms with Crippen LogP contribution in [-0.2, 0) is 4.79 Å². The van der Waals surface area contributed by atoms with Crippen LogP contribution in [0.5, 0.6) is 0 Å². The zero-order valence-corrected chi connectivity index (χ0v) is 13.1. The van der Waals surface area contributed by atoms with Gasteiger partial charge in [0.05, 0.1) is 5.92 Å².